The molecule has 0 radical (unpaired) electrons. The first-order valence-corrected chi connectivity index (χ1v) is 8.95. The summed E-state index contributed by atoms with van der Waals surface area (Å²) >= 11 is 0. The van der Waals surface area contributed by atoms with Crippen LogP contribution in [0.3, 0.4) is 0 Å². The lowest BCUT2D eigenvalue weighted by atomic mass is 9.98. The van der Waals surface area contributed by atoms with Crippen LogP contribution in [0.4, 0.5) is 0 Å². The van der Waals surface area contributed by atoms with Crippen LogP contribution in [0.15, 0.2) is 66.7 Å². The summed E-state index contributed by atoms with van der Waals surface area (Å²) in [5.74, 6) is -0.307. The van der Waals surface area contributed by atoms with E-state index in [1.54, 1.807) is 0 Å². The van der Waals surface area contributed by atoms with E-state index in [2.05, 4.69) is 0 Å². The van der Waals surface area contributed by atoms with Gasteiger partial charge in [-0.2, -0.15) is 0 Å². The molecule has 3 atom stereocenters. The minimum atomic E-state index is -0.471. The van der Waals surface area contributed by atoms with Gasteiger partial charge in [-0.1, -0.05) is 72.8 Å². The van der Waals surface area contributed by atoms with E-state index in [1.165, 1.54) is 0 Å². The molecule has 3 rings (SSSR count). The van der Waals surface area contributed by atoms with Crippen molar-refractivity contribution in [3.63, 3.8) is 0 Å². The van der Waals surface area contributed by atoms with Gasteiger partial charge in [0.15, 0.2) is 0 Å². The fraction of sp³-hybridized carbons (Fsp3) is 0.318. The molecule has 0 saturated carbocycles. The van der Waals surface area contributed by atoms with Crippen LogP contribution in [0.25, 0.3) is 6.08 Å². The Balaban J connectivity index is 1.49. The van der Waals surface area contributed by atoms with Gasteiger partial charge in [0.1, 0.15) is 6.61 Å². The van der Waals surface area contributed by atoms with Crippen molar-refractivity contribution in [1.82, 2.24) is 0 Å². The molecule has 0 amide bonds. The SMILES string of the molecule is O=C(C[C@H]1C[C@@H](O)C[C@@H](/C=C/c2ccccc2)O1)OCc1ccccc1. The molecule has 1 saturated heterocycles. The van der Waals surface area contributed by atoms with E-state index < -0.39 is 6.10 Å². The summed E-state index contributed by atoms with van der Waals surface area (Å²) in [4.78, 5) is 12.1. The second-order valence-electron chi connectivity index (χ2n) is 6.54. The zero-order valence-electron chi connectivity index (χ0n) is 14.7. The van der Waals surface area contributed by atoms with Gasteiger partial charge in [-0.15, -0.1) is 0 Å². The molecule has 1 fully saturated rings. The van der Waals surface area contributed by atoms with Crippen molar-refractivity contribution in [2.24, 2.45) is 0 Å². The standard InChI is InChI=1S/C22H24O4/c23-19-13-20(12-11-17-7-3-1-4-8-17)26-21(14-19)15-22(24)25-16-18-9-5-2-6-10-18/h1-12,19-21,23H,13-16H2/b12-11+/t19-,20+,21+/m0/s1. The average Bonchev–Trinajstić information content (AvgIpc) is 2.66. The third kappa shape index (κ3) is 5.83. The van der Waals surface area contributed by atoms with Gasteiger partial charge < -0.3 is 14.6 Å². The third-order valence-corrected chi connectivity index (χ3v) is 4.35. The average molecular weight is 352 g/mol. The molecule has 26 heavy (non-hydrogen) atoms. The summed E-state index contributed by atoms with van der Waals surface area (Å²) in [7, 11) is 0. The maximum Gasteiger partial charge on any atom is 0.308 e. The van der Waals surface area contributed by atoms with E-state index in [0.717, 1.165) is 11.1 Å². The molecule has 1 N–H and O–H groups in total. The van der Waals surface area contributed by atoms with Crippen LogP contribution in [0, 0.1) is 0 Å². The zero-order valence-corrected chi connectivity index (χ0v) is 14.7. The number of hydrogen-bond acceptors (Lipinski definition) is 4. The molecule has 0 spiro atoms. The molecule has 0 aromatic heterocycles. The third-order valence-electron chi connectivity index (χ3n) is 4.35. The molecule has 136 valence electrons. The summed E-state index contributed by atoms with van der Waals surface area (Å²) in [6, 6.07) is 19.5. The number of hydrogen-bond donors (Lipinski definition) is 1. The van der Waals surface area contributed by atoms with E-state index in [0.29, 0.717) is 12.8 Å². The number of carbonyl (C=O) groups is 1. The number of rotatable bonds is 6. The summed E-state index contributed by atoms with van der Waals surface area (Å²) in [5, 5.41) is 10.1. The van der Waals surface area contributed by atoms with Crippen LogP contribution >= 0.6 is 0 Å². The van der Waals surface area contributed by atoms with Gasteiger partial charge in [-0.3, -0.25) is 4.79 Å². The fourth-order valence-electron chi connectivity index (χ4n) is 3.05. The molecule has 0 aliphatic carbocycles. The van der Waals surface area contributed by atoms with Crippen molar-refractivity contribution >= 4 is 12.0 Å². The largest absolute Gasteiger partial charge is 0.461 e. The molecule has 2 aromatic rings. The molecule has 0 unspecified atom stereocenters. The minimum absolute atomic E-state index is 0.152. The Morgan fingerprint density at radius 2 is 1.77 bits per heavy atom. The Morgan fingerprint density at radius 1 is 1.08 bits per heavy atom. The quantitative estimate of drug-likeness (QED) is 0.805. The zero-order chi connectivity index (χ0) is 18.2. The topological polar surface area (TPSA) is 55.8 Å². The van der Waals surface area contributed by atoms with E-state index in [-0.39, 0.29) is 31.2 Å². The fourth-order valence-corrected chi connectivity index (χ4v) is 3.05. The van der Waals surface area contributed by atoms with Gasteiger partial charge in [0.2, 0.25) is 0 Å². The van der Waals surface area contributed by atoms with E-state index in [1.807, 2.05) is 72.8 Å². The van der Waals surface area contributed by atoms with Gasteiger partial charge in [0, 0.05) is 12.8 Å². The van der Waals surface area contributed by atoms with Gasteiger partial charge in [-0.25, -0.2) is 0 Å². The van der Waals surface area contributed by atoms with Gasteiger partial charge in [0.05, 0.1) is 24.7 Å². The number of ether oxygens (including phenoxy) is 2. The Hall–Kier alpha value is -2.43. The first-order valence-electron chi connectivity index (χ1n) is 8.95. The lowest BCUT2D eigenvalue weighted by Crippen LogP contribution is -2.36. The van der Waals surface area contributed by atoms with Crippen LogP contribution in [-0.4, -0.2) is 29.4 Å². The predicted octanol–water partition coefficient (Wildman–Crippen LogP) is 3.74. The van der Waals surface area contributed by atoms with Crippen molar-refractivity contribution in [2.75, 3.05) is 0 Å². The Bertz CT molecular complexity index is 711. The van der Waals surface area contributed by atoms with Gasteiger partial charge >= 0.3 is 5.97 Å². The number of benzene rings is 2. The summed E-state index contributed by atoms with van der Waals surface area (Å²) in [5.41, 5.74) is 2.03. The Labute approximate surface area is 154 Å². The highest BCUT2D eigenvalue weighted by molar-refractivity contribution is 5.70. The molecule has 4 heteroatoms. The molecule has 2 aromatic carbocycles. The highest BCUT2D eigenvalue weighted by Gasteiger charge is 2.29. The van der Waals surface area contributed by atoms with Crippen LogP contribution in [0.1, 0.15) is 30.4 Å². The Kier molecular flexibility index (Phi) is 6.58. The molecule has 0 bridgehead atoms. The second kappa shape index (κ2) is 9.32. The molecular formula is C22H24O4. The highest BCUT2D eigenvalue weighted by Crippen LogP contribution is 2.24. The Morgan fingerprint density at radius 3 is 2.50 bits per heavy atom. The van der Waals surface area contributed by atoms with Crippen LogP contribution in [0.2, 0.25) is 0 Å². The lowest BCUT2D eigenvalue weighted by molar-refractivity contribution is -0.152. The van der Waals surface area contributed by atoms with Gasteiger partial charge in [0.25, 0.3) is 0 Å². The molecule has 1 heterocycles. The molecule has 4 nitrogen and oxygen atoms in total. The van der Waals surface area contributed by atoms with E-state index in [4.69, 9.17) is 9.47 Å². The maximum absolute atomic E-state index is 12.1. The first-order chi connectivity index (χ1) is 12.7. The minimum Gasteiger partial charge on any atom is -0.461 e. The van der Waals surface area contributed by atoms with Crippen molar-refractivity contribution in [3.8, 4) is 0 Å². The van der Waals surface area contributed by atoms with Crippen LogP contribution in [-0.2, 0) is 20.9 Å². The van der Waals surface area contributed by atoms with Crippen molar-refractivity contribution < 1.29 is 19.4 Å². The van der Waals surface area contributed by atoms with Crippen LogP contribution in [0.5, 0.6) is 0 Å². The number of aliphatic hydroxyl groups excluding tert-OH is 1. The number of carbonyl (C=O) groups excluding carboxylic acids is 1. The van der Waals surface area contributed by atoms with Crippen molar-refractivity contribution in [3.05, 3.63) is 77.9 Å². The van der Waals surface area contributed by atoms with Gasteiger partial charge in [-0.05, 0) is 11.1 Å². The van der Waals surface area contributed by atoms with E-state index >= 15 is 0 Å². The van der Waals surface area contributed by atoms with Crippen molar-refractivity contribution in [2.45, 2.75) is 44.2 Å². The second-order valence-corrected chi connectivity index (χ2v) is 6.54. The molecular weight excluding hydrogens is 328 g/mol. The molecule has 1 aliphatic heterocycles. The van der Waals surface area contributed by atoms with Crippen LogP contribution < -0.4 is 0 Å². The smallest absolute Gasteiger partial charge is 0.308 e. The predicted molar refractivity (Wildman–Crippen MR) is 100 cm³/mol. The first kappa shape index (κ1) is 18.4. The van der Waals surface area contributed by atoms with Crippen molar-refractivity contribution in [1.29, 1.82) is 0 Å². The number of esters is 1. The summed E-state index contributed by atoms with van der Waals surface area (Å²) < 4.78 is 11.3. The lowest BCUT2D eigenvalue weighted by Gasteiger charge is -2.31. The molecule has 1 aliphatic rings. The normalized spacial score (nSPS) is 23.0. The number of aliphatic hydroxyl groups is 1. The summed E-state index contributed by atoms with van der Waals surface area (Å²) in [6.45, 7) is 0.256. The maximum atomic E-state index is 12.1. The monoisotopic (exact) mass is 352 g/mol. The highest BCUT2D eigenvalue weighted by atomic mass is 16.5. The van der Waals surface area contributed by atoms with E-state index in [9.17, 15) is 9.90 Å². The summed E-state index contributed by atoms with van der Waals surface area (Å²) in [6.07, 6.45) is 4.07.